The first-order chi connectivity index (χ1) is 8.33. The molecule has 2 N–H and O–H groups in total. The summed E-state index contributed by atoms with van der Waals surface area (Å²) in [5.74, 6) is 0.881. The van der Waals surface area contributed by atoms with E-state index in [0.717, 1.165) is 22.7 Å². The van der Waals surface area contributed by atoms with Gasteiger partial charge in [0, 0.05) is 12.1 Å². The fourth-order valence-corrected chi connectivity index (χ4v) is 1.64. The maximum atomic E-state index is 5.58. The van der Waals surface area contributed by atoms with E-state index >= 15 is 0 Å². The second kappa shape index (κ2) is 5.46. The van der Waals surface area contributed by atoms with E-state index in [2.05, 4.69) is 4.98 Å². The minimum absolute atomic E-state index is 0.463. The van der Waals surface area contributed by atoms with Crippen molar-refractivity contribution in [1.82, 2.24) is 4.98 Å². The van der Waals surface area contributed by atoms with E-state index in [9.17, 15) is 0 Å². The lowest BCUT2D eigenvalue weighted by atomic mass is 10.1. The van der Waals surface area contributed by atoms with Crippen molar-refractivity contribution < 1.29 is 4.74 Å². The summed E-state index contributed by atoms with van der Waals surface area (Å²) in [4.78, 5) is 4.47. The van der Waals surface area contributed by atoms with E-state index in [1.165, 1.54) is 0 Å². The van der Waals surface area contributed by atoms with E-state index in [0.29, 0.717) is 13.2 Å². The van der Waals surface area contributed by atoms with Gasteiger partial charge in [-0.25, -0.2) is 0 Å². The molecule has 0 amide bonds. The third-order valence-corrected chi connectivity index (χ3v) is 2.48. The third-order valence-electron chi connectivity index (χ3n) is 2.48. The van der Waals surface area contributed by atoms with Crippen molar-refractivity contribution in [2.45, 2.75) is 13.5 Å². The van der Waals surface area contributed by atoms with E-state index in [4.69, 9.17) is 10.5 Å². The molecule has 3 heteroatoms. The Hall–Kier alpha value is -1.87. The second-order valence-corrected chi connectivity index (χ2v) is 3.68. The summed E-state index contributed by atoms with van der Waals surface area (Å²) in [6.07, 6.45) is 0. The van der Waals surface area contributed by atoms with Crippen LogP contribution in [0, 0.1) is 0 Å². The van der Waals surface area contributed by atoms with Crippen LogP contribution >= 0.6 is 0 Å². The Kier molecular flexibility index (Phi) is 3.73. The van der Waals surface area contributed by atoms with Crippen LogP contribution in [0.5, 0.6) is 5.75 Å². The molecule has 0 aliphatic carbocycles. The van der Waals surface area contributed by atoms with Gasteiger partial charge in [0.25, 0.3) is 0 Å². The quantitative estimate of drug-likeness (QED) is 0.875. The standard InChI is InChI=1S/C14H16N2O/c1-2-17-13-8-6-11(7-9-13)14-5-3-4-12(10-15)16-14/h3-9H,2,10,15H2,1H3. The number of nitrogens with zero attached hydrogens (tertiary/aromatic N) is 1. The third kappa shape index (κ3) is 2.82. The summed E-state index contributed by atoms with van der Waals surface area (Å²) in [5.41, 5.74) is 8.49. The molecule has 0 unspecified atom stereocenters. The number of pyridine rings is 1. The molecule has 88 valence electrons. The summed E-state index contributed by atoms with van der Waals surface area (Å²) < 4.78 is 5.40. The highest BCUT2D eigenvalue weighted by Crippen LogP contribution is 2.20. The predicted octanol–water partition coefficient (Wildman–Crippen LogP) is 2.61. The van der Waals surface area contributed by atoms with Crippen molar-refractivity contribution in [1.29, 1.82) is 0 Å². The van der Waals surface area contributed by atoms with E-state index in [1.54, 1.807) is 0 Å². The number of rotatable bonds is 4. The van der Waals surface area contributed by atoms with Crippen LogP contribution < -0.4 is 10.5 Å². The van der Waals surface area contributed by atoms with Crippen LogP contribution in [0.15, 0.2) is 42.5 Å². The molecule has 0 saturated heterocycles. The molecule has 0 atom stereocenters. The van der Waals surface area contributed by atoms with Crippen LogP contribution in [-0.2, 0) is 6.54 Å². The van der Waals surface area contributed by atoms with Crippen LogP contribution in [0.25, 0.3) is 11.3 Å². The summed E-state index contributed by atoms with van der Waals surface area (Å²) >= 11 is 0. The fraction of sp³-hybridized carbons (Fsp3) is 0.214. The smallest absolute Gasteiger partial charge is 0.119 e. The molecular weight excluding hydrogens is 212 g/mol. The van der Waals surface area contributed by atoms with Gasteiger partial charge in [-0.2, -0.15) is 0 Å². The maximum absolute atomic E-state index is 5.58. The summed E-state index contributed by atoms with van der Waals surface area (Å²) in [7, 11) is 0. The Morgan fingerprint density at radius 1 is 1.12 bits per heavy atom. The molecule has 0 spiro atoms. The summed E-state index contributed by atoms with van der Waals surface area (Å²) in [6.45, 7) is 3.12. The molecule has 2 rings (SSSR count). The molecule has 0 fully saturated rings. The van der Waals surface area contributed by atoms with E-state index < -0.39 is 0 Å². The molecule has 1 aromatic carbocycles. The molecule has 0 aliphatic rings. The monoisotopic (exact) mass is 228 g/mol. The number of aromatic nitrogens is 1. The lowest BCUT2D eigenvalue weighted by molar-refractivity contribution is 0.340. The fourth-order valence-electron chi connectivity index (χ4n) is 1.64. The SMILES string of the molecule is CCOc1ccc(-c2cccc(CN)n2)cc1. The van der Waals surface area contributed by atoms with Gasteiger partial charge in [0.15, 0.2) is 0 Å². The largest absolute Gasteiger partial charge is 0.494 e. The topological polar surface area (TPSA) is 48.1 Å². The number of hydrogen-bond donors (Lipinski definition) is 1. The van der Waals surface area contributed by atoms with E-state index in [1.807, 2.05) is 49.4 Å². The Labute approximate surface area is 101 Å². The summed E-state index contributed by atoms with van der Waals surface area (Å²) in [5, 5.41) is 0. The van der Waals surface area contributed by atoms with Crippen molar-refractivity contribution in [3.8, 4) is 17.0 Å². The lowest BCUT2D eigenvalue weighted by Crippen LogP contribution is -1.99. The Bertz CT molecular complexity index is 480. The van der Waals surface area contributed by atoms with Crippen molar-refractivity contribution in [3.63, 3.8) is 0 Å². The van der Waals surface area contributed by atoms with Gasteiger partial charge in [-0.05, 0) is 43.3 Å². The molecule has 17 heavy (non-hydrogen) atoms. The molecule has 0 bridgehead atoms. The lowest BCUT2D eigenvalue weighted by Gasteiger charge is -2.05. The first-order valence-electron chi connectivity index (χ1n) is 5.72. The number of ether oxygens (including phenoxy) is 1. The van der Waals surface area contributed by atoms with Crippen LogP contribution in [-0.4, -0.2) is 11.6 Å². The van der Waals surface area contributed by atoms with Crippen molar-refractivity contribution in [2.75, 3.05) is 6.61 Å². The van der Waals surface area contributed by atoms with E-state index in [-0.39, 0.29) is 0 Å². The van der Waals surface area contributed by atoms with Gasteiger partial charge in [0.05, 0.1) is 18.0 Å². The van der Waals surface area contributed by atoms with Gasteiger partial charge >= 0.3 is 0 Å². The molecular formula is C14H16N2O. The highest BCUT2D eigenvalue weighted by atomic mass is 16.5. The molecule has 1 heterocycles. The maximum Gasteiger partial charge on any atom is 0.119 e. The second-order valence-electron chi connectivity index (χ2n) is 3.68. The molecule has 0 aliphatic heterocycles. The summed E-state index contributed by atoms with van der Waals surface area (Å²) in [6, 6.07) is 13.8. The number of hydrogen-bond acceptors (Lipinski definition) is 3. The van der Waals surface area contributed by atoms with Gasteiger partial charge in [-0.3, -0.25) is 4.98 Å². The van der Waals surface area contributed by atoms with Crippen LogP contribution in [0.3, 0.4) is 0 Å². The van der Waals surface area contributed by atoms with Crippen LogP contribution in [0.2, 0.25) is 0 Å². The van der Waals surface area contributed by atoms with Crippen molar-refractivity contribution in [3.05, 3.63) is 48.2 Å². The number of nitrogens with two attached hydrogens (primary N) is 1. The molecule has 1 aromatic heterocycles. The minimum atomic E-state index is 0.463. The van der Waals surface area contributed by atoms with Gasteiger partial charge in [-0.1, -0.05) is 6.07 Å². The van der Waals surface area contributed by atoms with Gasteiger partial charge < -0.3 is 10.5 Å². The number of benzene rings is 1. The normalized spacial score (nSPS) is 10.2. The Balaban J connectivity index is 2.26. The average molecular weight is 228 g/mol. The first kappa shape index (κ1) is 11.6. The van der Waals surface area contributed by atoms with Gasteiger partial charge in [0.1, 0.15) is 5.75 Å². The molecule has 3 nitrogen and oxygen atoms in total. The Morgan fingerprint density at radius 3 is 2.53 bits per heavy atom. The predicted molar refractivity (Wildman–Crippen MR) is 68.7 cm³/mol. The van der Waals surface area contributed by atoms with Gasteiger partial charge in [0.2, 0.25) is 0 Å². The highest BCUT2D eigenvalue weighted by molar-refractivity contribution is 5.60. The van der Waals surface area contributed by atoms with Crippen molar-refractivity contribution >= 4 is 0 Å². The molecule has 2 aromatic rings. The molecule has 0 radical (unpaired) electrons. The van der Waals surface area contributed by atoms with Crippen molar-refractivity contribution in [2.24, 2.45) is 5.73 Å². The Morgan fingerprint density at radius 2 is 1.88 bits per heavy atom. The zero-order valence-electron chi connectivity index (χ0n) is 9.89. The zero-order chi connectivity index (χ0) is 12.1. The first-order valence-corrected chi connectivity index (χ1v) is 5.72. The average Bonchev–Trinajstić information content (AvgIpc) is 2.40. The van der Waals surface area contributed by atoms with Crippen LogP contribution in [0.4, 0.5) is 0 Å². The molecule has 0 saturated carbocycles. The highest BCUT2D eigenvalue weighted by Gasteiger charge is 2.00. The van der Waals surface area contributed by atoms with Crippen LogP contribution in [0.1, 0.15) is 12.6 Å². The van der Waals surface area contributed by atoms with Gasteiger partial charge in [-0.15, -0.1) is 0 Å². The zero-order valence-corrected chi connectivity index (χ0v) is 9.89. The minimum Gasteiger partial charge on any atom is -0.494 e.